The van der Waals surface area contributed by atoms with Crippen molar-refractivity contribution in [3.05, 3.63) is 0 Å². The Hall–Kier alpha value is -0.0400. The van der Waals surface area contributed by atoms with Gasteiger partial charge in [-0.2, -0.15) is 0 Å². The molecule has 0 radical (unpaired) electrons. The van der Waals surface area contributed by atoms with Gasteiger partial charge in [-0.1, -0.05) is 155 Å². The SMILES string of the molecule is CCCCCCCCCCCCCC(C)NC(C)CCCCCCCCCCCCC. The van der Waals surface area contributed by atoms with Crippen LogP contribution in [0.1, 0.15) is 182 Å². The molecule has 1 heteroatoms. The fourth-order valence-corrected chi connectivity index (χ4v) is 4.88. The molecule has 2 atom stereocenters. The average Bonchev–Trinajstić information content (AvgIpc) is 2.75. The van der Waals surface area contributed by atoms with Crippen LogP contribution in [0.15, 0.2) is 0 Å². The highest BCUT2D eigenvalue weighted by atomic mass is 14.9. The van der Waals surface area contributed by atoms with Crippen molar-refractivity contribution in [3.63, 3.8) is 0 Å². The summed E-state index contributed by atoms with van der Waals surface area (Å²) >= 11 is 0. The lowest BCUT2D eigenvalue weighted by Gasteiger charge is -2.20. The van der Waals surface area contributed by atoms with Crippen LogP contribution in [-0.2, 0) is 0 Å². The second-order valence-corrected chi connectivity index (χ2v) is 10.6. The molecular formula is C30H63N. The summed E-state index contributed by atoms with van der Waals surface area (Å²) in [5.41, 5.74) is 0. The Bertz CT molecular complexity index is 284. The first-order valence-electron chi connectivity index (χ1n) is 15.0. The predicted molar refractivity (Wildman–Crippen MR) is 144 cm³/mol. The zero-order valence-electron chi connectivity index (χ0n) is 22.6. The van der Waals surface area contributed by atoms with Crippen LogP contribution in [0.4, 0.5) is 0 Å². The summed E-state index contributed by atoms with van der Waals surface area (Å²) in [6.45, 7) is 9.40. The van der Waals surface area contributed by atoms with E-state index in [4.69, 9.17) is 0 Å². The van der Waals surface area contributed by atoms with Crippen molar-refractivity contribution < 1.29 is 0 Å². The maximum atomic E-state index is 3.85. The Labute approximate surface area is 199 Å². The maximum absolute atomic E-state index is 3.85. The molecule has 188 valence electrons. The predicted octanol–water partition coefficient (Wildman–Crippen LogP) is 10.8. The van der Waals surface area contributed by atoms with E-state index >= 15 is 0 Å². The third-order valence-electron chi connectivity index (χ3n) is 7.05. The van der Waals surface area contributed by atoms with Gasteiger partial charge < -0.3 is 5.32 Å². The number of rotatable bonds is 26. The van der Waals surface area contributed by atoms with Crippen molar-refractivity contribution in [2.45, 2.75) is 194 Å². The molecule has 1 N–H and O–H groups in total. The van der Waals surface area contributed by atoms with Crippen LogP contribution in [-0.4, -0.2) is 12.1 Å². The summed E-state index contributed by atoms with van der Waals surface area (Å²) in [6, 6.07) is 1.39. The van der Waals surface area contributed by atoms with Gasteiger partial charge in [-0.25, -0.2) is 0 Å². The third-order valence-corrected chi connectivity index (χ3v) is 7.05. The second-order valence-electron chi connectivity index (χ2n) is 10.6. The fraction of sp³-hybridized carbons (Fsp3) is 1.00. The molecule has 0 fully saturated rings. The van der Waals surface area contributed by atoms with Gasteiger partial charge in [0.1, 0.15) is 0 Å². The molecule has 31 heavy (non-hydrogen) atoms. The summed E-state index contributed by atoms with van der Waals surface area (Å²) in [6.07, 6.45) is 34.5. The van der Waals surface area contributed by atoms with Crippen molar-refractivity contribution in [2.24, 2.45) is 0 Å². The zero-order valence-corrected chi connectivity index (χ0v) is 22.6. The Morgan fingerprint density at radius 3 is 0.839 bits per heavy atom. The van der Waals surface area contributed by atoms with Gasteiger partial charge in [-0.15, -0.1) is 0 Å². The second kappa shape index (κ2) is 26.2. The van der Waals surface area contributed by atoms with Gasteiger partial charge in [0, 0.05) is 12.1 Å². The lowest BCUT2D eigenvalue weighted by molar-refractivity contribution is 0.402. The molecule has 0 aromatic heterocycles. The van der Waals surface area contributed by atoms with Crippen LogP contribution < -0.4 is 5.32 Å². The molecule has 0 aliphatic heterocycles. The standard InChI is InChI=1S/C30H63N/c1-5-7-9-11-13-15-17-19-21-23-25-27-29(3)31-30(4)28-26-24-22-20-18-16-14-12-10-8-6-2/h29-31H,5-28H2,1-4H3. The summed E-state index contributed by atoms with van der Waals surface area (Å²) in [4.78, 5) is 0. The first kappa shape index (κ1) is 31.0. The van der Waals surface area contributed by atoms with Gasteiger partial charge in [0.25, 0.3) is 0 Å². The molecule has 0 heterocycles. The molecule has 0 aliphatic rings. The highest BCUT2D eigenvalue weighted by Gasteiger charge is 2.07. The number of unbranched alkanes of at least 4 members (excludes halogenated alkanes) is 20. The molecule has 1 nitrogen and oxygen atoms in total. The number of hydrogen-bond acceptors (Lipinski definition) is 1. The molecule has 0 aliphatic carbocycles. The van der Waals surface area contributed by atoms with E-state index in [9.17, 15) is 0 Å². The lowest BCUT2D eigenvalue weighted by atomic mass is 10.0. The van der Waals surface area contributed by atoms with Gasteiger partial charge in [0.05, 0.1) is 0 Å². The van der Waals surface area contributed by atoms with Crippen LogP contribution in [0, 0.1) is 0 Å². The molecule has 0 amide bonds. The maximum Gasteiger partial charge on any atom is 0.00412 e. The third kappa shape index (κ3) is 26.1. The molecule has 0 aromatic carbocycles. The van der Waals surface area contributed by atoms with Crippen LogP contribution >= 0.6 is 0 Å². The van der Waals surface area contributed by atoms with Gasteiger partial charge >= 0.3 is 0 Å². The highest BCUT2D eigenvalue weighted by Crippen LogP contribution is 2.14. The zero-order chi connectivity index (χ0) is 22.8. The van der Waals surface area contributed by atoms with Gasteiger partial charge in [0.15, 0.2) is 0 Å². The first-order valence-corrected chi connectivity index (χ1v) is 15.0. The van der Waals surface area contributed by atoms with Crippen LogP contribution in [0.3, 0.4) is 0 Å². The van der Waals surface area contributed by atoms with E-state index in [1.807, 2.05) is 0 Å². The number of hydrogen-bond donors (Lipinski definition) is 1. The van der Waals surface area contributed by atoms with Gasteiger partial charge in [-0.3, -0.25) is 0 Å². The largest absolute Gasteiger partial charge is 0.312 e. The molecule has 0 spiro atoms. The Morgan fingerprint density at radius 1 is 0.355 bits per heavy atom. The van der Waals surface area contributed by atoms with E-state index in [-0.39, 0.29) is 0 Å². The van der Waals surface area contributed by atoms with Crippen molar-refractivity contribution in [1.82, 2.24) is 5.32 Å². The smallest absolute Gasteiger partial charge is 0.00412 e. The van der Waals surface area contributed by atoms with Crippen molar-refractivity contribution in [2.75, 3.05) is 0 Å². The molecule has 0 aromatic rings. The van der Waals surface area contributed by atoms with Crippen molar-refractivity contribution >= 4 is 0 Å². The Balaban J connectivity index is 3.29. The Kier molecular flexibility index (Phi) is 26.2. The van der Waals surface area contributed by atoms with Crippen LogP contribution in [0.2, 0.25) is 0 Å². The molecule has 0 saturated carbocycles. The summed E-state index contributed by atoms with van der Waals surface area (Å²) in [7, 11) is 0. The highest BCUT2D eigenvalue weighted by molar-refractivity contribution is 4.68. The quantitative estimate of drug-likeness (QED) is 0.133. The van der Waals surface area contributed by atoms with E-state index in [2.05, 4.69) is 33.0 Å². The van der Waals surface area contributed by atoms with E-state index in [0.717, 1.165) is 0 Å². The van der Waals surface area contributed by atoms with Crippen LogP contribution in [0.5, 0.6) is 0 Å². The normalized spacial score (nSPS) is 13.5. The van der Waals surface area contributed by atoms with Crippen LogP contribution in [0.25, 0.3) is 0 Å². The molecular weight excluding hydrogens is 374 g/mol. The van der Waals surface area contributed by atoms with E-state index in [1.165, 1.54) is 154 Å². The lowest BCUT2D eigenvalue weighted by Crippen LogP contribution is -2.34. The summed E-state index contributed by atoms with van der Waals surface area (Å²) in [5.74, 6) is 0. The molecule has 0 rings (SSSR count). The summed E-state index contributed by atoms with van der Waals surface area (Å²) in [5, 5.41) is 3.85. The van der Waals surface area contributed by atoms with Crippen molar-refractivity contribution in [1.29, 1.82) is 0 Å². The first-order chi connectivity index (χ1) is 15.2. The summed E-state index contributed by atoms with van der Waals surface area (Å²) < 4.78 is 0. The molecule has 0 bridgehead atoms. The Morgan fingerprint density at radius 2 is 0.581 bits per heavy atom. The fourth-order valence-electron chi connectivity index (χ4n) is 4.88. The monoisotopic (exact) mass is 437 g/mol. The van der Waals surface area contributed by atoms with Crippen molar-refractivity contribution in [3.8, 4) is 0 Å². The molecule has 0 saturated heterocycles. The minimum absolute atomic E-state index is 0.696. The number of nitrogens with one attached hydrogen (secondary N) is 1. The molecule has 2 unspecified atom stereocenters. The van der Waals surface area contributed by atoms with Gasteiger partial charge in [-0.05, 0) is 26.7 Å². The minimum Gasteiger partial charge on any atom is -0.312 e. The van der Waals surface area contributed by atoms with E-state index in [0.29, 0.717) is 12.1 Å². The van der Waals surface area contributed by atoms with E-state index < -0.39 is 0 Å². The minimum atomic E-state index is 0.696. The topological polar surface area (TPSA) is 12.0 Å². The van der Waals surface area contributed by atoms with Gasteiger partial charge in [0.2, 0.25) is 0 Å². The van der Waals surface area contributed by atoms with E-state index in [1.54, 1.807) is 0 Å². The average molecular weight is 438 g/mol.